The zero-order valence-electron chi connectivity index (χ0n) is 11.1. The fraction of sp³-hybridized carbons (Fsp3) is 0.533. The van der Waals surface area contributed by atoms with Crippen molar-refractivity contribution in [2.24, 2.45) is 0 Å². The van der Waals surface area contributed by atoms with Crippen LogP contribution in [-0.2, 0) is 0 Å². The Kier molecular flexibility index (Phi) is 5.92. The van der Waals surface area contributed by atoms with Crippen molar-refractivity contribution in [2.45, 2.75) is 52.1 Å². The highest BCUT2D eigenvalue weighted by Gasteiger charge is 2.19. The maximum absolute atomic E-state index is 12.3. The Morgan fingerprint density at radius 3 is 2.41 bits per heavy atom. The lowest BCUT2D eigenvalue weighted by Crippen LogP contribution is -2.41. The van der Waals surface area contributed by atoms with Crippen LogP contribution in [0.4, 0.5) is 0 Å². The number of Topliss-reactive ketones (excluding diaryl/α,β-unsaturated/α-hetero) is 1. The van der Waals surface area contributed by atoms with E-state index in [0.29, 0.717) is 6.04 Å². The van der Waals surface area contributed by atoms with Gasteiger partial charge in [0.05, 0.1) is 6.04 Å². The Balaban J connectivity index is 2.73. The highest BCUT2D eigenvalue weighted by molar-refractivity contribution is 6.00. The lowest BCUT2D eigenvalue weighted by atomic mass is 9.99. The maximum Gasteiger partial charge on any atom is 0.179 e. The van der Waals surface area contributed by atoms with E-state index in [-0.39, 0.29) is 11.8 Å². The number of rotatable bonds is 7. The molecule has 0 heterocycles. The number of nitrogens with one attached hydrogen (secondary N) is 1. The molecule has 2 unspecified atom stereocenters. The maximum atomic E-state index is 12.3. The van der Waals surface area contributed by atoms with E-state index in [2.05, 4.69) is 26.1 Å². The van der Waals surface area contributed by atoms with Crippen LogP contribution < -0.4 is 5.32 Å². The monoisotopic (exact) mass is 233 g/mol. The summed E-state index contributed by atoms with van der Waals surface area (Å²) in [6, 6.07) is 9.90. The molecule has 1 aromatic carbocycles. The summed E-state index contributed by atoms with van der Waals surface area (Å²) < 4.78 is 0. The van der Waals surface area contributed by atoms with Crippen LogP contribution in [0.15, 0.2) is 30.3 Å². The second-order valence-electron chi connectivity index (χ2n) is 4.55. The van der Waals surface area contributed by atoms with Gasteiger partial charge in [-0.1, -0.05) is 50.6 Å². The van der Waals surface area contributed by atoms with Gasteiger partial charge in [0.2, 0.25) is 0 Å². The third-order valence-electron chi connectivity index (χ3n) is 3.05. The van der Waals surface area contributed by atoms with E-state index in [4.69, 9.17) is 0 Å². The summed E-state index contributed by atoms with van der Waals surface area (Å²) in [4.78, 5) is 12.3. The second-order valence-corrected chi connectivity index (χ2v) is 4.55. The SMILES string of the molecule is CCCC(NC(C)CC)C(=O)c1ccccc1. The molecule has 0 aromatic heterocycles. The molecule has 0 saturated heterocycles. The topological polar surface area (TPSA) is 29.1 Å². The van der Waals surface area contributed by atoms with E-state index in [1.54, 1.807) is 0 Å². The van der Waals surface area contributed by atoms with Gasteiger partial charge in [0.15, 0.2) is 5.78 Å². The van der Waals surface area contributed by atoms with Gasteiger partial charge < -0.3 is 5.32 Å². The molecular weight excluding hydrogens is 210 g/mol. The number of hydrogen-bond acceptors (Lipinski definition) is 2. The summed E-state index contributed by atoms with van der Waals surface area (Å²) >= 11 is 0. The van der Waals surface area contributed by atoms with Crippen molar-refractivity contribution in [2.75, 3.05) is 0 Å². The van der Waals surface area contributed by atoms with Gasteiger partial charge in [-0.15, -0.1) is 0 Å². The van der Waals surface area contributed by atoms with Gasteiger partial charge in [-0.2, -0.15) is 0 Å². The quantitative estimate of drug-likeness (QED) is 0.731. The largest absolute Gasteiger partial charge is 0.305 e. The van der Waals surface area contributed by atoms with Crippen molar-refractivity contribution in [1.29, 1.82) is 0 Å². The Bertz CT molecular complexity index is 334. The molecule has 94 valence electrons. The van der Waals surface area contributed by atoms with Crippen LogP contribution in [0, 0.1) is 0 Å². The normalized spacial score (nSPS) is 14.3. The molecule has 1 aromatic rings. The molecule has 1 N–H and O–H groups in total. The molecule has 0 bridgehead atoms. The Hall–Kier alpha value is -1.15. The van der Waals surface area contributed by atoms with E-state index in [1.165, 1.54) is 0 Å². The minimum absolute atomic E-state index is 0.0441. The van der Waals surface area contributed by atoms with Gasteiger partial charge in [-0.05, 0) is 19.8 Å². The van der Waals surface area contributed by atoms with Gasteiger partial charge >= 0.3 is 0 Å². The summed E-state index contributed by atoms with van der Waals surface area (Å²) in [6.45, 7) is 6.37. The molecule has 17 heavy (non-hydrogen) atoms. The number of carbonyl (C=O) groups excluding carboxylic acids is 1. The van der Waals surface area contributed by atoms with Crippen LogP contribution in [0.25, 0.3) is 0 Å². The lowest BCUT2D eigenvalue weighted by molar-refractivity contribution is 0.0930. The molecule has 0 saturated carbocycles. The molecule has 2 atom stereocenters. The molecule has 0 aliphatic heterocycles. The highest BCUT2D eigenvalue weighted by Crippen LogP contribution is 2.09. The van der Waals surface area contributed by atoms with E-state index >= 15 is 0 Å². The number of hydrogen-bond donors (Lipinski definition) is 1. The van der Waals surface area contributed by atoms with Crippen LogP contribution >= 0.6 is 0 Å². The lowest BCUT2D eigenvalue weighted by Gasteiger charge is -2.21. The van der Waals surface area contributed by atoms with Crippen molar-refractivity contribution in [1.82, 2.24) is 5.32 Å². The minimum atomic E-state index is -0.0441. The van der Waals surface area contributed by atoms with Crippen molar-refractivity contribution in [3.8, 4) is 0 Å². The fourth-order valence-electron chi connectivity index (χ4n) is 1.84. The Labute approximate surface area is 104 Å². The van der Waals surface area contributed by atoms with Crippen LogP contribution in [0.1, 0.15) is 50.4 Å². The van der Waals surface area contributed by atoms with E-state index < -0.39 is 0 Å². The molecule has 0 fully saturated rings. The van der Waals surface area contributed by atoms with Crippen molar-refractivity contribution in [3.05, 3.63) is 35.9 Å². The average Bonchev–Trinajstić information content (AvgIpc) is 2.38. The van der Waals surface area contributed by atoms with Gasteiger partial charge in [0.1, 0.15) is 0 Å². The zero-order valence-corrected chi connectivity index (χ0v) is 11.1. The molecular formula is C15H23NO. The van der Waals surface area contributed by atoms with Gasteiger partial charge in [-0.3, -0.25) is 4.79 Å². The number of benzene rings is 1. The van der Waals surface area contributed by atoms with Crippen LogP contribution in [0.5, 0.6) is 0 Å². The predicted molar refractivity (Wildman–Crippen MR) is 72.4 cm³/mol. The average molecular weight is 233 g/mol. The third-order valence-corrected chi connectivity index (χ3v) is 3.05. The smallest absolute Gasteiger partial charge is 0.179 e. The molecule has 0 aliphatic rings. The van der Waals surface area contributed by atoms with Crippen molar-refractivity contribution in [3.63, 3.8) is 0 Å². The molecule has 1 rings (SSSR count). The van der Waals surface area contributed by atoms with Gasteiger partial charge in [0, 0.05) is 11.6 Å². The zero-order chi connectivity index (χ0) is 12.7. The third kappa shape index (κ3) is 4.31. The van der Waals surface area contributed by atoms with Gasteiger partial charge in [-0.25, -0.2) is 0 Å². The van der Waals surface area contributed by atoms with Gasteiger partial charge in [0.25, 0.3) is 0 Å². The van der Waals surface area contributed by atoms with Crippen LogP contribution in [-0.4, -0.2) is 17.9 Å². The summed E-state index contributed by atoms with van der Waals surface area (Å²) in [6.07, 6.45) is 2.97. The Morgan fingerprint density at radius 1 is 1.24 bits per heavy atom. The summed E-state index contributed by atoms with van der Waals surface area (Å²) in [5, 5.41) is 3.42. The fourth-order valence-corrected chi connectivity index (χ4v) is 1.84. The van der Waals surface area contributed by atoms with E-state index in [0.717, 1.165) is 24.8 Å². The summed E-state index contributed by atoms with van der Waals surface area (Å²) in [5.41, 5.74) is 0.807. The highest BCUT2D eigenvalue weighted by atomic mass is 16.1. The molecule has 0 aliphatic carbocycles. The molecule has 2 nitrogen and oxygen atoms in total. The first-order chi connectivity index (χ1) is 8.19. The second kappa shape index (κ2) is 7.23. The van der Waals surface area contributed by atoms with E-state index in [1.807, 2.05) is 30.3 Å². The van der Waals surface area contributed by atoms with Crippen molar-refractivity contribution >= 4 is 5.78 Å². The molecule has 0 spiro atoms. The Morgan fingerprint density at radius 2 is 1.88 bits per heavy atom. The number of ketones is 1. The minimum Gasteiger partial charge on any atom is -0.305 e. The first kappa shape index (κ1) is 13.9. The molecule has 2 heteroatoms. The standard InChI is InChI=1S/C15H23NO/c1-4-9-14(16-12(3)5-2)15(17)13-10-7-6-8-11-13/h6-8,10-12,14,16H,4-5,9H2,1-3H3. The summed E-state index contributed by atoms with van der Waals surface area (Å²) in [5.74, 6) is 0.216. The molecule has 0 radical (unpaired) electrons. The van der Waals surface area contributed by atoms with E-state index in [9.17, 15) is 4.79 Å². The number of carbonyl (C=O) groups is 1. The predicted octanol–water partition coefficient (Wildman–Crippen LogP) is 3.43. The van der Waals surface area contributed by atoms with Crippen LogP contribution in [0.2, 0.25) is 0 Å². The summed E-state index contributed by atoms with van der Waals surface area (Å²) in [7, 11) is 0. The molecule has 0 amide bonds. The first-order valence-electron chi connectivity index (χ1n) is 6.54. The van der Waals surface area contributed by atoms with Crippen molar-refractivity contribution < 1.29 is 4.79 Å². The van der Waals surface area contributed by atoms with Crippen LogP contribution in [0.3, 0.4) is 0 Å². The first-order valence-corrected chi connectivity index (χ1v) is 6.54.